The summed E-state index contributed by atoms with van der Waals surface area (Å²) in [7, 11) is 0. The van der Waals surface area contributed by atoms with Crippen LogP contribution in [0, 0.1) is 23.7 Å². The highest BCUT2D eigenvalue weighted by atomic mass is 14.2. The standard InChI is InChI=1S/C28H32/c1-9-11-25(21-13-17-23(18-14-21)27(3,4)5)26(12-10-2)22-15-19-24(20-16-22)28(6,7)8/h13-20H,1-8H3/b26-25+. The lowest BCUT2D eigenvalue weighted by Gasteiger charge is -2.20. The van der Waals surface area contributed by atoms with E-state index in [4.69, 9.17) is 0 Å². The van der Waals surface area contributed by atoms with Crippen LogP contribution in [0.1, 0.15) is 77.6 Å². The summed E-state index contributed by atoms with van der Waals surface area (Å²) >= 11 is 0. The van der Waals surface area contributed by atoms with Gasteiger partial charge in [0, 0.05) is 11.1 Å². The Morgan fingerprint density at radius 1 is 0.536 bits per heavy atom. The van der Waals surface area contributed by atoms with Crippen LogP contribution in [0.2, 0.25) is 0 Å². The second-order valence-electron chi connectivity index (χ2n) is 9.15. The van der Waals surface area contributed by atoms with Gasteiger partial charge >= 0.3 is 0 Å². The summed E-state index contributed by atoms with van der Waals surface area (Å²) in [5.41, 5.74) is 7.10. The number of allylic oxidation sites excluding steroid dienone is 2. The van der Waals surface area contributed by atoms with Crippen molar-refractivity contribution < 1.29 is 0 Å². The molecule has 0 radical (unpaired) electrons. The molecule has 0 bridgehead atoms. The van der Waals surface area contributed by atoms with Gasteiger partial charge in [0.25, 0.3) is 0 Å². The van der Waals surface area contributed by atoms with Crippen molar-refractivity contribution in [3.63, 3.8) is 0 Å². The number of rotatable bonds is 2. The molecule has 2 aromatic carbocycles. The maximum Gasteiger partial charge on any atom is 0.0480 e. The average Bonchev–Trinajstić information content (AvgIpc) is 2.63. The molecule has 0 heterocycles. The van der Waals surface area contributed by atoms with E-state index < -0.39 is 0 Å². The Bertz CT molecular complexity index is 876. The quantitative estimate of drug-likeness (QED) is 0.387. The van der Waals surface area contributed by atoms with Crippen LogP contribution in [-0.4, -0.2) is 0 Å². The second kappa shape index (κ2) is 8.54. The van der Waals surface area contributed by atoms with E-state index in [2.05, 4.69) is 114 Å². The van der Waals surface area contributed by atoms with Gasteiger partial charge in [0.1, 0.15) is 0 Å². The van der Waals surface area contributed by atoms with Crippen molar-refractivity contribution in [1.29, 1.82) is 0 Å². The summed E-state index contributed by atoms with van der Waals surface area (Å²) in [6.45, 7) is 17.1. The van der Waals surface area contributed by atoms with Gasteiger partial charge in [0.15, 0.2) is 0 Å². The molecule has 0 amide bonds. The second-order valence-corrected chi connectivity index (χ2v) is 9.15. The molecule has 0 N–H and O–H groups in total. The first-order chi connectivity index (χ1) is 13.1. The molecular formula is C28H32. The molecule has 0 heteroatoms. The Morgan fingerprint density at radius 3 is 1.04 bits per heavy atom. The van der Waals surface area contributed by atoms with Crippen molar-refractivity contribution in [2.75, 3.05) is 0 Å². The average molecular weight is 369 g/mol. The topological polar surface area (TPSA) is 0 Å². The van der Waals surface area contributed by atoms with Crippen molar-refractivity contribution >= 4 is 11.1 Å². The fourth-order valence-electron chi connectivity index (χ4n) is 3.08. The molecule has 0 spiro atoms. The van der Waals surface area contributed by atoms with Gasteiger partial charge in [-0.05, 0) is 46.9 Å². The zero-order valence-corrected chi connectivity index (χ0v) is 18.6. The summed E-state index contributed by atoms with van der Waals surface area (Å²) in [6.07, 6.45) is 0. The molecule has 0 atom stereocenters. The van der Waals surface area contributed by atoms with E-state index in [0.29, 0.717) is 0 Å². The first kappa shape index (κ1) is 21.6. The maximum atomic E-state index is 3.31. The van der Waals surface area contributed by atoms with Crippen molar-refractivity contribution in [2.45, 2.75) is 66.2 Å². The third kappa shape index (κ3) is 5.18. The molecular weight excluding hydrogens is 336 g/mol. The predicted octanol–water partition coefficient (Wildman–Crippen LogP) is 7.24. The molecule has 0 aliphatic heterocycles. The molecule has 0 nitrogen and oxygen atoms in total. The van der Waals surface area contributed by atoms with Gasteiger partial charge in [-0.25, -0.2) is 0 Å². The van der Waals surface area contributed by atoms with Gasteiger partial charge in [-0.15, -0.1) is 11.8 Å². The normalized spacial score (nSPS) is 12.3. The highest BCUT2D eigenvalue weighted by Crippen LogP contribution is 2.30. The zero-order chi connectivity index (χ0) is 20.9. The van der Waals surface area contributed by atoms with E-state index in [1.54, 1.807) is 0 Å². The van der Waals surface area contributed by atoms with Crippen LogP contribution in [0.15, 0.2) is 48.5 Å². The van der Waals surface area contributed by atoms with Crippen LogP contribution in [0.4, 0.5) is 0 Å². The van der Waals surface area contributed by atoms with Crippen LogP contribution in [0.5, 0.6) is 0 Å². The van der Waals surface area contributed by atoms with E-state index >= 15 is 0 Å². The smallest absolute Gasteiger partial charge is 0.0480 e. The van der Waals surface area contributed by atoms with Gasteiger partial charge in [0.05, 0.1) is 0 Å². The maximum absolute atomic E-state index is 3.31. The van der Waals surface area contributed by atoms with Crippen molar-refractivity contribution in [3.8, 4) is 23.7 Å². The lowest BCUT2D eigenvalue weighted by Crippen LogP contribution is -2.10. The van der Waals surface area contributed by atoms with Crippen LogP contribution < -0.4 is 0 Å². The third-order valence-corrected chi connectivity index (χ3v) is 4.83. The Hall–Kier alpha value is -2.70. The van der Waals surface area contributed by atoms with E-state index in [1.807, 2.05) is 13.8 Å². The minimum absolute atomic E-state index is 0.133. The first-order valence-electron chi connectivity index (χ1n) is 9.89. The molecule has 28 heavy (non-hydrogen) atoms. The Kier molecular flexibility index (Phi) is 6.59. The van der Waals surface area contributed by atoms with E-state index in [9.17, 15) is 0 Å². The summed E-state index contributed by atoms with van der Waals surface area (Å²) in [6, 6.07) is 17.5. The minimum atomic E-state index is 0.133. The monoisotopic (exact) mass is 368 g/mol. The largest absolute Gasteiger partial charge is 0.101 e. The fourth-order valence-corrected chi connectivity index (χ4v) is 3.08. The molecule has 0 unspecified atom stereocenters. The first-order valence-corrected chi connectivity index (χ1v) is 9.89. The molecule has 0 saturated heterocycles. The van der Waals surface area contributed by atoms with Crippen molar-refractivity contribution in [2.24, 2.45) is 0 Å². The van der Waals surface area contributed by atoms with Crippen molar-refractivity contribution in [3.05, 3.63) is 70.8 Å². The third-order valence-electron chi connectivity index (χ3n) is 4.83. The Labute approximate surface area is 172 Å². The van der Waals surface area contributed by atoms with E-state index in [1.165, 1.54) is 11.1 Å². The molecule has 0 aromatic heterocycles. The molecule has 2 rings (SSSR count). The minimum Gasteiger partial charge on any atom is -0.101 e. The summed E-state index contributed by atoms with van der Waals surface area (Å²) in [5.74, 6) is 12.8. The van der Waals surface area contributed by atoms with Gasteiger partial charge in [-0.3, -0.25) is 0 Å². The van der Waals surface area contributed by atoms with Gasteiger partial charge in [0.2, 0.25) is 0 Å². The van der Waals surface area contributed by atoms with E-state index in [0.717, 1.165) is 22.3 Å². The van der Waals surface area contributed by atoms with E-state index in [-0.39, 0.29) is 10.8 Å². The van der Waals surface area contributed by atoms with Crippen LogP contribution in [-0.2, 0) is 10.8 Å². The predicted molar refractivity (Wildman–Crippen MR) is 124 cm³/mol. The molecule has 0 fully saturated rings. The van der Waals surface area contributed by atoms with Crippen molar-refractivity contribution in [1.82, 2.24) is 0 Å². The van der Waals surface area contributed by atoms with Crippen LogP contribution in [0.3, 0.4) is 0 Å². The lowest BCUT2D eigenvalue weighted by atomic mass is 9.84. The summed E-state index contributed by atoms with van der Waals surface area (Å²) < 4.78 is 0. The van der Waals surface area contributed by atoms with Gasteiger partial charge in [-0.2, -0.15) is 0 Å². The highest BCUT2D eigenvalue weighted by molar-refractivity contribution is 6.04. The zero-order valence-electron chi connectivity index (χ0n) is 18.6. The number of benzene rings is 2. The lowest BCUT2D eigenvalue weighted by molar-refractivity contribution is 0.590. The molecule has 144 valence electrons. The highest BCUT2D eigenvalue weighted by Gasteiger charge is 2.16. The van der Waals surface area contributed by atoms with Crippen LogP contribution >= 0.6 is 0 Å². The summed E-state index contributed by atoms with van der Waals surface area (Å²) in [5, 5.41) is 0. The number of hydrogen-bond donors (Lipinski definition) is 0. The molecule has 0 saturated carbocycles. The Balaban J connectivity index is 2.64. The van der Waals surface area contributed by atoms with Gasteiger partial charge < -0.3 is 0 Å². The van der Waals surface area contributed by atoms with Gasteiger partial charge in [-0.1, -0.05) is 102 Å². The number of hydrogen-bond acceptors (Lipinski definition) is 0. The fraction of sp³-hybridized carbons (Fsp3) is 0.357. The summed E-state index contributed by atoms with van der Waals surface area (Å²) in [4.78, 5) is 0. The molecule has 0 aliphatic rings. The van der Waals surface area contributed by atoms with Crippen LogP contribution in [0.25, 0.3) is 11.1 Å². The SMILES string of the molecule is CC#C/C(=C(/C#CC)c1ccc(C(C)(C)C)cc1)c1ccc(C(C)(C)C)cc1. The molecule has 0 aliphatic carbocycles. The molecule has 2 aromatic rings. The Morgan fingerprint density at radius 2 is 0.821 bits per heavy atom.